The number of hydrogen-bond donors (Lipinski definition) is 2. The maximum Gasteiger partial charge on any atom is 0.278 e. The monoisotopic (exact) mass is 281 g/mol. The number of halogens is 1. The molecule has 6 nitrogen and oxygen atoms in total. The van der Waals surface area contributed by atoms with E-state index in [0.717, 1.165) is 18.7 Å². The summed E-state index contributed by atoms with van der Waals surface area (Å²) in [6, 6.07) is 6.58. The Morgan fingerprint density at radius 1 is 1.37 bits per heavy atom. The summed E-state index contributed by atoms with van der Waals surface area (Å²) in [4.78, 5) is 14.7. The van der Waals surface area contributed by atoms with Crippen molar-refractivity contribution >= 4 is 22.3 Å². The topological polar surface area (TPSA) is 94.1 Å². The molecule has 1 aromatic carbocycles. The van der Waals surface area contributed by atoms with Crippen LogP contribution in [-0.4, -0.2) is 23.0 Å². The number of fused-ring (bicyclic) bond motifs is 1. The van der Waals surface area contributed by atoms with Gasteiger partial charge in [-0.15, -0.1) is 0 Å². The second kappa shape index (κ2) is 6.86. The van der Waals surface area contributed by atoms with Gasteiger partial charge >= 0.3 is 0 Å². The van der Waals surface area contributed by atoms with Crippen LogP contribution in [0.1, 0.15) is 6.42 Å². The van der Waals surface area contributed by atoms with Crippen molar-refractivity contribution in [1.82, 2.24) is 4.98 Å². The number of nitrogens with one attached hydrogen (secondary N) is 1. The van der Waals surface area contributed by atoms with Crippen molar-refractivity contribution in [3.05, 3.63) is 40.6 Å². The number of pyridine rings is 1. The first kappa shape index (κ1) is 15.1. The van der Waals surface area contributed by atoms with Gasteiger partial charge in [0.05, 0.1) is 16.0 Å². The van der Waals surface area contributed by atoms with E-state index >= 15 is 0 Å². The van der Waals surface area contributed by atoms with Crippen LogP contribution in [0, 0.1) is 10.1 Å². The summed E-state index contributed by atoms with van der Waals surface area (Å²) in [7, 11) is 0. The van der Waals surface area contributed by atoms with E-state index in [4.69, 9.17) is 5.73 Å². The van der Waals surface area contributed by atoms with E-state index in [9.17, 15) is 10.1 Å². The molecule has 0 fully saturated rings. The fraction of sp³-hybridized carbons (Fsp3) is 0.250. The highest BCUT2D eigenvalue weighted by atomic mass is 35.5. The number of benzene rings is 1. The molecule has 7 heteroatoms. The third-order valence-electron chi connectivity index (χ3n) is 2.64. The van der Waals surface area contributed by atoms with Gasteiger partial charge in [-0.3, -0.25) is 15.1 Å². The van der Waals surface area contributed by atoms with Gasteiger partial charge in [0, 0.05) is 18.8 Å². The molecule has 0 amide bonds. The molecular weight excluding hydrogens is 268 g/mol. The Bertz CT molecular complexity index is 577. The van der Waals surface area contributed by atoms with Gasteiger partial charge in [-0.25, -0.2) is 0 Å². The van der Waals surface area contributed by atoms with Gasteiger partial charge in [0.1, 0.15) is 5.52 Å². The number of rotatable bonds is 5. The van der Waals surface area contributed by atoms with Crippen molar-refractivity contribution in [2.24, 2.45) is 5.73 Å². The van der Waals surface area contributed by atoms with E-state index in [1.807, 2.05) is 0 Å². The van der Waals surface area contributed by atoms with Crippen LogP contribution in [0.25, 0.3) is 10.9 Å². The van der Waals surface area contributed by atoms with Gasteiger partial charge < -0.3 is 23.5 Å². The fourth-order valence-electron chi connectivity index (χ4n) is 1.78. The number of aromatic nitrogens is 1. The van der Waals surface area contributed by atoms with E-state index in [2.05, 4.69) is 10.3 Å². The van der Waals surface area contributed by atoms with Gasteiger partial charge in [0.2, 0.25) is 0 Å². The Morgan fingerprint density at radius 2 is 2.16 bits per heavy atom. The lowest BCUT2D eigenvalue weighted by Crippen LogP contribution is -3.00. The van der Waals surface area contributed by atoms with Crippen LogP contribution in [0.15, 0.2) is 30.5 Å². The van der Waals surface area contributed by atoms with Gasteiger partial charge in [-0.05, 0) is 31.2 Å². The first-order valence-corrected chi connectivity index (χ1v) is 5.70. The summed E-state index contributed by atoms with van der Waals surface area (Å²) in [6.45, 7) is 1.32. The van der Waals surface area contributed by atoms with Crippen molar-refractivity contribution in [2.75, 3.05) is 18.4 Å². The lowest BCUT2D eigenvalue weighted by Gasteiger charge is -2.08. The Hall–Kier alpha value is -1.92. The SMILES string of the molecule is NCCCNc1ccc([N+](=O)[O-])c2cccnc12.[Cl-]. The quantitative estimate of drug-likeness (QED) is 0.412. The van der Waals surface area contributed by atoms with Crippen molar-refractivity contribution in [1.29, 1.82) is 0 Å². The Balaban J connectivity index is 0.00000180. The van der Waals surface area contributed by atoms with E-state index in [1.165, 1.54) is 6.07 Å². The molecule has 1 heterocycles. The average molecular weight is 282 g/mol. The molecular formula is C12H14ClN4O2-. The number of nitrogens with zero attached hydrogens (tertiary/aromatic N) is 2. The van der Waals surface area contributed by atoms with Crippen molar-refractivity contribution < 1.29 is 17.3 Å². The predicted molar refractivity (Wildman–Crippen MR) is 70.6 cm³/mol. The molecule has 2 aromatic rings. The van der Waals surface area contributed by atoms with Crippen LogP contribution in [0.2, 0.25) is 0 Å². The molecule has 0 unspecified atom stereocenters. The van der Waals surface area contributed by atoms with Crippen molar-refractivity contribution in [2.45, 2.75) is 6.42 Å². The molecule has 0 atom stereocenters. The first-order chi connectivity index (χ1) is 8.74. The average Bonchev–Trinajstić information content (AvgIpc) is 2.38. The molecule has 19 heavy (non-hydrogen) atoms. The van der Waals surface area contributed by atoms with Crippen LogP contribution < -0.4 is 23.5 Å². The Kier molecular flexibility index (Phi) is 5.47. The standard InChI is InChI=1S/C12H14N4O2.ClH/c13-6-2-8-14-10-4-5-11(16(17)18)9-3-1-7-15-12(9)10;/h1,3-5,7,14H,2,6,8,13H2;1H/p-1. The molecule has 0 aliphatic carbocycles. The molecule has 3 N–H and O–H groups in total. The minimum absolute atomic E-state index is 0. The minimum Gasteiger partial charge on any atom is -1.00 e. The predicted octanol–water partition coefficient (Wildman–Crippen LogP) is -1.09. The third kappa shape index (κ3) is 3.30. The zero-order valence-corrected chi connectivity index (χ0v) is 10.9. The number of nitro groups is 1. The van der Waals surface area contributed by atoms with Crippen LogP contribution in [0.5, 0.6) is 0 Å². The molecule has 1 aromatic heterocycles. The minimum atomic E-state index is -0.395. The number of non-ortho nitro benzene ring substituents is 1. The highest BCUT2D eigenvalue weighted by molar-refractivity contribution is 5.96. The third-order valence-corrected chi connectivity index (χ3v) is 2.64. The zero-order valence-electron chi connectivity index (χ0n) is 10.2. The molecule has 0 radical (unpaired) electrons. The molecule has 0 spiro atoms. The summed E-state index contributed by atoms with van der Waals surface area (Å²) in [5.41, 5.74) is 6.91. The summed E-state index contributed by atoms with van der Waals surface area (Å²) in [5.74, 6) is 0. The second-order valence-corrected chi connectivity index (χ2v) is 3.86. The molecule has 102 valence electrons. The maximum atomic E-state index is 10.9. The van der Waals surface area contributed by atoms with Gasteiger partial charge in [-0.2, -0.15) is 0 Å². The molecule has 0 bridgehead atoms. The number of nitrogens with two attached hydrogens (primary N) is 1. The molecule has 0 aliphatic rings. The maximum absolute atomic E-state index is 10.9. The number of nitro benzene ring substituents is 1. The number of anilines is 1. The van der Waals surface area contributed by atoms with Crippen LogP contribution in [-0.2, 0) is 0 Å². The van der Waals surface area contributed by atoms with Crippen LogP contribution >= 0.6 is 0 Å². The zero-order chi connectivity index (χ0) is 13.0. The molecule has 2 rings (SSSR count). The molecule has 0 saturated heterocycles. The Labute approximate surface area is 116 Å². The van der Waals surface area contributed by atoms with Gasteiger partial charge in [0.15, 0.2) is 0 Å². The largest absolute Gasteiger partial charge is 1.00 e. The molecule has 0 aliphatic heterocycles. The summed E-state index contributed by atoms with van der Waals surface area (Å²) < 4.78 is 0. The highest BCUT2D eigenvalue weighted by Crippen LogP contribution is 2.29. The van der Waals surface area contributed by atoms with Gasteiger partial charge in [0.25, 0.3) is 5.69 Å². The van der Waals surface area contributed by atoms with E-state index in [1.54, 1.807) is 24.4 Å². The Morgan fingerprint density at radius 3 is 2.84 bits per heavy atom. The van der Waals surface area contributed by atoms with Crippen LogP contribution in [0.4, 0.5) is 11.4 Å². The summed E-state index contributed by atoms with van der Waals surface area (Å²) in [5, 5.41) is 14.7. The first-order valence-electron chi connectivity index (χ1n) is 5.70. The lowest BCUT2D eigenvalue weighted by molar-refractivity contribution is -0.383. The van der Waals surface area contributed by atoms with Crippen molar-refractivity contribution in [3.8, 4) is 0 Å². The lowest BCUT2D eigenvalue weighted by atomic mass is 10.1. The fourth-order valence-corrected chi connectivity index (χ4v) is 1.78. The van der Waals surface area contributed by atoms with Gasteiger partial charge in [-0.1, -0.05) is 0 Å². The smallest absolute Gasteiger partial charge is 0.278 e. The number of hydrogen-bond acceptors (Lipinski definition) is 5. The van der Waals surface area contributed by atoms with Crippen molar-refractivity contribution in [3.63, 3.8) is 0 Å². The van der Waals surface area contributed by atoms with E-state index < -0.39 is 4.92 Å². The molecule has 0 saturated carbocycles. The normalized spacial score (nSPS) is 9.95. The second-order valence-electron chi connectivity index (χ2n) is 3.86. The summed E-state index contributed by atoms with van der Waals surface area (Å²) >= 11 is 0. The van der Waals surface area contributed by atoms with Crippen LogP contribution in [0.3, 0.4) is 0 Å². The van der Waals surface area contributed by atoms with E-state index in [0.29, 0.717) is 17.4 Å². The van der Waals surface area contributed by atoms with E-state index in [-0.39, 0.29) is 18.1 Å². The summed E-state index contributed by atoms with van der Waals surface area (Å²) in [6.07, 6.45) is 2.46. The highest BCUT2D eigenvalue weighted by Gasteiger charge is 2.14.